The number of esters is 1. The van der Waals surface area contributed by atoms with Crippen molar-refractivity contribution < 1.29 is 22.8 Å². The molecular weight excluding hydrogens is 386 g/mol. The van der Waals surface area contributed by atoms with Crippen LogP contribution in [0.15, 0.2) is 23.1 Å². The maximum Gasteiger partial charge on any atom is 0.500 e. The van der Waals surface area contributed by atoms with E-state index in [1.165, 1.54) is 11.7 Å². The quantitative estimate of drug-likeness (QED) is 0.262. The van der Waals surface area contributed by atoms with Crippen LogP contribution in [-0.4, -0.2) is 52.0 Å². The predicted octanol–water partition coefficient (Wildman–Crippen LogP) is 2.69. The van der Waals surface area contributed by atoms with E-state index in [2.05, 4.69) is 4.74 Å². The van der Waals surface area contributed by atoms with E-state index < -0.39 is 14.8 Å². The van der Waals surface area contributed by atoms with Gasteiger partial charge in [0.25, 0.3) is 5.56 Å². The number of aromatic nitrogens is 1. The summed E-state index contributed by atoms with van der Waals surface area (Å²) in [6.45, 7) is 7.55. The van der Waals surface area contributed by atoms with Gasteiger partial charge in [0.05, 0.1) is 7.11 Å². The average Bonchev–Trinajstić information content (AvgIpc) is 2.64. The fourth-order valence-electron chi connectivity index (χ4n) is 2.55. The molecule has 0 aliphatic heterocycles. The second-order valence-corrected chi connectivity index (χ2v) is 9.55. The molecule has 1 aromatic heterocycles. The minimum atomic E-state index is -2.57. The predicted molar refractivity (Wildman–Crippen MR) is 109 cm³/mol. The third-order valence-corrected chi connectivity index (χ3v) is 7.99. The molecule has 0 aliphatic rings. The summed E-state index contributed by atoms with van der Waals surface area (Å²) in [4.78, 5) is 23.3. The Morgan fingerprint density at radius 3 is 2.30 bits per heavy atom. The molecular formula is C18H31NO6SSi. The van der Waals surface area contributed by atoms with E-state index in [1.54, 1.807) is 24.0 Å². The van der Waals surface area contributed by atoms with Gasteiger partial charge >= 0.3 is 14.8 Å². The first-order chi connectivity index (χ1) is 13.0. The summed E-state index contributed by atoms with van der Waals surface area (Å²) in [5, 5.41) is 0. The molecule has 0 unspecified atom stereocenters. The van der Waals surface area contributed by atoms with Crippen molar-refractivity contribution in [2.75, 3.05) is 32.7 Å². The lowest BCUT2D eigenvalue weighted by molar-refractivity contribution is -0.141. The number of carbonyl (C=O) groups excluding carboxylic acids is 1. The molecule has 0 spiro atoms. The minimum absolute atomic E-state index is 0.0677. The summed E-state index contributed by atoms with van der Waals surface area (Å²) >= 11 is 1.75. The summed E-state index contributed by atoms with van der Waals surface area (Å²) in [5.74, 6) is 1.22. The van der Waals surface area contributed by atoms with E-state index in [0.717, 1.165) is 29.5 Å². The van der Waals surface area contributed by atoms with Crippen LogP contribution >= 0.6 is 11.8 Å². The maximum absolute atomic E-state index is 12.0. The Balaban J connectivity index is 2.47. The summed E-state index contributed by atoms with van der Waals surface area (Å²) in [6, 6.07) is 4.21. The van der Waals surface area contributed by atoms with Gasteiger partial charge in [-0.15, -0.1) is 0 Å². The second-order valence-electron chi connectivity index (χ2n) is 5.72. The Morgan fingerprint density at radius 1 is 1.15 bits per heavy atom. The average molecular weight is 418 g/mol. The number of rotatable bonds is 14. The van der Waals surface area contributed by atoms with Gasteiger partial charge in [-0.2, -0.15) is 11.8 Å². The molecule has 1 rings (SSSR count). The molecule has 0 saturated carbocycles. The van der Waals surface area contributed by atoms with Gasteiger partial charge in [-0.25, -0.2) is 0 Å². The molecule has 0 bridgehead atoms. The van der Waals surface area contributed by atoms with E-state index in [9.17, 15) is 9.59 Å². The molecule has 27 heavy (non-hydrogen) atoms. The first-order valence-corrected chi connectivity index (χ1v) is 12.3. The van der Waals surface area contributed by atoms with Crippen molar-refractivity contribution in [3.63, 3.8) is 0 Å². The molecule has 0 aliphatic carbocycles. The van der Waals surface area contributed by atoms with E-state index in [0.29, 0.717) is 19.8 Å². The van der Waals surface area contributed by atoms with Crippen LogP contribution in [0.25, 0.3) is 0 Å². The van der Waals surface area contributed by atoms with Crippen molar-refractivity contribution in [2.24, 2.45) is 0 Å². The van der Waals surface area contributed by atoms with Gasteiger partial charge in [-0.05, 0) is 44.6 Å². The first-order valence-electron chi connectivity index (χ1n) is 9.26. The summed E-state index contributed by atoms with van der Waals surface area (Å²) in [6.07, 6.45) is 2.56. The number of methoxy groups -OCH3 is 1. The highest BCUT2D eigenvalue weighted by atomic mass is 32.2. The van der Waals surface area contributed by atoms with Gasteiger partial charge in [0, 0.05) is 43.9 Å². The fraction of sp³-hybridized carbons (Fsp3) is 0.667. The largest absolute Gasteiger partial charge is 0.500 e. The Hall–Kier alpha value is -1.13. The second kappa shape index (κ2) is 13.1. The number of carbonyl (C=O) groups is 1. The van der Waals surface area contributed by atoms with Gasteiger partial charge < -0.3 is 22.6 Å². The molecule has 1 heterocycles. The zero-order chi connectivity index (χ0) is 20.1. The zero-order valence-corrected chi connectivity index (χ0v) is 18.5. The number of pyridine rings is 1. The molecule has 0 radical (unpaired) electrons. The summed E-state index contributed by atoms with van der Waals surface area (Å²) in [5.41, 5.74) is 0.739. The van der Waals surface area contributed by atoms with Crippen molar-refractivity contribution in [3.05, 3.63) is 34.2 Å². The number of thioether (sulfide) groups is 1. The fourth-order valence-corrected chi connectivity index (χ4v) is 6.33. The van der Waals surface area contributed by atoms with Crippen LogP contribution in [0.4, 0.5) is 0 Å². The highest BCUT2D eigenvalue weighted by molar-refractivity contribution is 7.98. The van der Waals surface area contributed by atoms with Crippen molar-refractivity contribution >= 4 is 26.5 Å². The van der Waals surface area contributed by atoms with Crippen LogP contribution in [0.1, 0.15) is 32.8 Å². The zero-order valence-electron chi connectivity index (χ0n) is 16.7. The third kappa shape index (κ3) is 8.61. The topological polar surface area (TPSA) is 76.0 Å². The highest BCUT2D eigenvalue weighted by Crippen LogP contribution is 2.21. The number of hydrogen-bond donors (Lipinski definition) is 0. The smallest absolute Gasteiger partial charge is 0.468 e. The number of ether oxygens (including phenoxy) is 1. The van der Waals surface area contributed by atoms with E-state index in [4.69, 9.17) is 13.3 Å². The van der Waals surface area contributed by atoms with Gasteiger partial charge in [-0.1, -0.05) is 0 Å². The molecule has 0 atom stereocenters. The van der Waals surface area contributed by atoms with Crippen molar-refractivity contribution in [2.45, 2.75) is 45.5 Å². The molecule has 0 saturated heterocycles. The molecule has 154 valence electrons. The Morgan fingerprint density at radius 2 is 1.78 bits per heavy atom. The Labute approximate surface area is 166 Å². The first kappa shape index (κ1) is 23.9. The third-order valence-electron chi connectivity index (χ3n) is 3.72. The lowest BCUT2D eigenvalue weighted by Gasteiger charge is -2.28. The van der Waals surface area contributed by atoms with Crippen LogP contribution in [0.5, 0.6) is 0 Å². The number of hydrogen-bond acceptors (Lipinski definition) is 7. The Bertz CT molecular complexity index is 607. The van der Waals surface area contributed by atoms with Crippen LogP contribution in [-0.2, 0) is 35.1 Å². The van der Waals surface area contributed by atoms with E-state index >= 15 is 0 Å². The van der Waals surface area contributed by atoms with Gasteiger partial charge in [0.2, 0.25) is 0 Å². The molecule has 0 aromatic carbocycles. The van der Waals surface area contributed by atoms with E-state index in [-0.39, 0.29) is 12.1 Å². The maximum atomic E-state index is 12.0. The lowest BCUT2D eigenvalue weighted by atomic mass is 10.3. The van der Waals surface area contributed by atoms with Crippen LogP contribution in [0, 0.1) is 0 Å². The van der Waals surface area contributed by atoms with Crippen LogP contribution in [0.2, 0.25) is 6.04 Å². The van der Waals surface area contributed by atoms with Crippen LogP contribution < -0.4 is 5.56 Å². The molecule has 1 aromatic rings. The SMILES string of the molecule is CCO[Si](CCCSCc1ccn(CC(=O)OC)c(=O)c1)(OCC)OCC. The lowest BCUT2D eigenvalue weighted by Crippen LogP contribution is -2.46. The molecule has 0 fully saturated rings. The summed E-state index contributed by atoms with van der Waals surface area (Å²) < 4.78 is 23.5. The van der Waals surface area contributed by atoms with Crippen molar-refractivity contribution in [3.8, 4) is 0 Å². The highest BCUT2D eigenvalue weighted by Gasteiger charge is 2.39. The van der Waals surface area contributed by atoms with Crippen LogP contribution in [0.3, 0.4) is 0 Å². The Kier molecular flexibility index (Phi) is 11.6. The standard InChI is InChI=1S/C18H31NO6SSi/c1-5-23-27(24-6-2,25-7-3)12-8-11-26-15-16-9-10-19(17(20)13-16)14-18(21)22-4/h9-10,13H,5-8,11-12,14-15H2,1-4H3. The normalized spacial score (nSPS) is 11.6. The van der Waals surface area contributed by atoms with E-state index in [1.807, 2.05) is 26.8 Å². The van der Waals surface area contributed by atoms with Gasteiger partial charge in [0.1, 0.15) is 6.54 Å². The molecule has 0 amide bonds. The van der Waals surface area contributed by atoms with Gasteiger partial charge in [0.15, 0.2) is 0 Å². The van der Waals surface area contributed by atoms with Crippen molar-refractivity contribution in [1.82, 2.24) is 4.57 Å². The monoisotopic (exact) mass is 417 g/mol. The molecule has 7 nitrogen and oxygen atoms in total. The summed E-state index contributed by atoms with van der Waals surface area (Å²) in [7, 11) is -1.27. The minimum Gasteiger partial charge on any atom is -0.468 e. The van der Waals surface area contributed by atoms with Crippen molar-refractivity contribution in [1.29, 1.82) is 0 Å². The van der Waals surface area contributed by atoms with Gasteiger partial charge in [-0.3, -0.25) is 9.59 Å². The number of nitrogens with zero attached hydrogens (tertiary/aromatic N) is 1. The molecule has 0 N–H and O–H groups in total. The molecule has 9 heteroatoms.